The molecule has 1 N–H and O–H groups in total. The van der Waals surface area contributed by atoms with Crippen molar-refractivity contribution in [2.45, 2.75) is 5.03 Å². The second-order valence-electron chi connectivity index (χ2n) is 3.80. The van der Waals surface area contributed by atoms with Crippen LogP contribution in [0.15, 0.2) is 11.1 Å². The second-order valence-corrected chi connectivity index (χ2v) is 5.69. The van der Waals surface area contributed by atoms with Crippen molar-refractivity contribution in [3.63, 3.8) is 0 Å². The van der Waals surface area contributed by atoms with Gasteiger partial charge in [0.05, 0.1) is 7.11 Å². The molecule has 7 nitrogen and oxygen atoms in total. The Hall–Kier alpha value is -1.12. The predicted molar refractivity (Wildman–Crippen MR) is 61.4 cm³/mol. The number of ether oxygens (including phenoxy) is 1. The Morgan fingerprint density at radius 2 is 2.06 bits per heavy atom. The van der Waals surface area contributed by atoms with Gasteiger partial charge in [-0.1, -0.05) is 0 Å². The van der Waals surface area contributed by atoms with Crippen molar-refractivity contribution >= 4 is 10.0 Å². The van der Waals surface area contributed by atoms with Gasteiger partial charge in [0.2, 0.25) is 5.88 Å². The molecule has 1 aromatic heterocycles. The topological polar surface area (TPSA) is 76.5 Å². The zero-order valence-corrected chi connectivity index (χ0v) is 10.7. The summed E-state index contributed by atoms with van der Waals surface area (Å²) < 4.78 is 32.4. The lowest BCUT2D eigenvalue weighted by molar-refractivity contribution is 0.357. The van der Waals surface area contributed by atoms with Crippen LogP contribution in [0.5, 0.6) is 5.88 Å². The van der Waals surface area contributed by atoms with E-state index in [-0.39, 0.29) is 5.03 Å². The lowest BCUT2D eigenvalue weighted by Gasteiger charge is -2.26. The summed E-state index contributed by atoms with van der Waals surface area (Å²) in [6, 6.07) is 1.44. The Balaban J connectivity index is 2.33. The molecule has 1 saturated heterocycles. The van der Waals surface area contributed by atoms with E-state index < -0.39 is 10.0 Å². The molecule has 1 aliphatic rings. The monoisotopic (exact) mass is 260 g/mol. The van der Waals surface area contributed by atoms with Gasteiger partial charge >= 0.3 is 0 Å². The summed E-state index contributed by atoms with van der Waals surface area (Å²) in [4.78, 5) is 0. The van der Waals surface area contributed by atoms with Gasteiger partial charge in [0.25, 0.3) is 10.0 Å². The number of sulfonamides is 1. The van der Waals surface area contributed by atoms with Crippen LogP contribution in [-0.4, -0.2) is 55.8 Å². The van der Waals surface area contributed by atoms with E-state index in [4.69, 9.17) is 4.74 Å². The van der Waals surface area contributed by atoms with Gasteiger partial charge in [0.1, 0.15) is 0 Å². The normalized spacial score (nSPS) is 18.2. The van der Waals surface area contributed by atoms with Gasteiger partial charge in [-0.2, -0.15) is 4.31 Å². The van der Waals surface area contributed by atoms with E-state index in [0.29, 0.717) is 32.1 Å². The number of hydrogen-bond donors (Lipinski definition) is 1. The van der Waals surface area contributed by atoms with Crippen LogP contribution in [0, 0.1) is 0 Å². The third-order valence-electron chi connectivity index (χ3n) is 2.70. The van der Waals surface area contributed by atoms with E-state index in [0.717, 1.165) is 0 Å². The molecule has 0 bridgehead atoms. The SMILES string of the molecule is COc1cc(S(=O)(=O)N2CCNCC2)n(C)n1. The first-order valence-corrected chi connectivity index (χ1v) is 6.78. The molecule has 17 heavy (non-hydrogen) atoms. The molecule has 0 aliphatic carbocycles. The fourth-order valence-electron chi connectivity index (χ4n) is 1.78. The summed E-state index contributed by atoms with van der Waals surface area (Å²) in [5.41, 5.74) is 0. The summed E-state index contributed by atoms with van der Waals surface area (Å²) in [5.74, 6) is 0.307. The number of hydrogen-bond acceptors (Lipinski definition) is 5. The molecule has 0 aromatic carbocycles. The molecule has 0 unspecified atom stereocenters. The number of piperazine rings is 1. The maximum Gasteiger partial charge on any atom is 0.260 e. The quantitative estimate of drug-likeness (QED) is 0.756. The van der Waals surface area contributed by atoms with Crippen LogP contribution in [0.1, 0.15) is 0 Å². The van der Waals surface area contributed by atoms with Crippen LogP contribution >= 0.6 is 0 Å². The van der Waals surface area contributed by atoms with Crippen molar-refractivity contribution in [3.8, 4) is 5.88 Å². The average Bonchev–Trinajstić information content (AvgIpc) is 2.72. The highest BCUT2D eigenvalue weighted by molar-refractivity contribution is 7.89. The number of methoxy groups -OCH3 is 1. The van der Waals surface area contributed by atoms with Crippen LogP contribution in [0.2, 0.25) is 0 Å². The molecule has 1 aromatic rings. The summed E-state index contributed by atoms with van der Waals surface area (Å²) in [6.07, 6.45) is 0. The number of nitrogens with one attached hydrogen (secondary N) is 1. The molecule has 0 saturated carbocycles. The summed E-state index contributed by atoms with van der Waals surface area (Å²) in [5, 5.41) is 7.24. The lowest BCUT2D eigenvalue weighted by atomic mass is 10.4. The Kier molecular flexibility index (Phi) is 3.36. The first kappa shape index (κ1) is 12.3. The molecule has 0 amide bonds. The maximum atomic E-state index is 12.3. The Morgan fingerprint density at radius 3 is 2.59 bits per heavy atom. The Bertz CT molecular complexity index is 490. The van der Waals surface area contributed by atoms with E-state index in [1.54, 1.807) is 7.05 Å². The van der Waals surface area contributed by atoms with Gasteiger partial charge < -0.3 is 10.1 Å². The minimum atomic E-state index is -3.47. The second kappa shape index (κ2) is 4.63. The maximum absolute atomic E-state index is 12.3. The minimum Gasteiger partial charge on any atom is -0.480 e. The minimum absolute atomic E-state index is 0.163. The van der Waals surface area contributed by atoms with Gasteiger partial charge in [-0.15, -0.1) is 5.10 Å². The van der Waals surface area contributed by atoms with Crippen LogP contribution in [0.3, 0.4) is 0 Å². The van der Waals surface area contributed by atoms with Crippen molar-refractivity contribution in [1.82, 2.24) is 19.4 Å². The van der Waals surface area contributed by atoms with Crippen molar-refractivity contribution in [2.24, 2.45) is 7.05 Å². The van der Waals surface area contributed by atoms with E-state index in [9.17, 15) is 8.42 Å². The van der Waals surface area contributed by atoms with E-state index in [2.05, 4.69) is 10.4 Å². The highest BCUT2D eigenvalue weighted by atomic mass is 32.2. The molecule has 0 atom stereocenters. The molecule has 0 spiro atoms. The molecule has 0 radical (unpaired) electrons. The van der Waals surface area contributed by atoms with E-state index in [1.165, 1.54) is 22.2 Å². The van der Waals surface area contributed by atoms with E-state index >= 15 is 0 Å². The largest absolute Gasteiger partial charge is 0.480 e. The molecule has 1 aliphatic heterocycles. The third kappa shape index (κ3) is 2.28. The molecule has 2 heterocycles. The first-order valence-electron chi connectivity index (χ1n) is 5.34. The molecule has 2 rings (SSSR count). The summed E-state index contributed by atoms with van der Waals surface area (Å²) in [7, 11) is -0.411. The molecule has 1 fully saturated rings. The van der Waals surface area contributed by atoms with Gasteiger partial charge in [-0.3, -0.25) is 4.68 Å². The van der Waals surface area contributed by atoms with Crippen LogP contribution in [-0.2, 0) is 17.1 Å². The van der Waals surface area contributed by atoms with Crippen LogP contribution in [0.25, 0.3) is 0 Å². The number of nitrogens with zero attached hydrogens (tertiary/aromatic N) is 3. The number of aromatic nitrogens is 2. The lowest BCUT2D eigenvalue weighted by Crippen LogP contribution is -2.46. The average molecular weight is 260 g/mol. The Labute approximate surface area is 100 Å². The smallest absolute Gasteiger partial charge is 0.260 e. The fraction of sp³-hybridized carbons (Fsp3) is 0.667. The molecule has 8 heteroatoms. The summed E-state index contributed by atoms with van der Waals surface area (Å²) >= 11 is 0. The van der Waals surface area contributed by atoms with Gasteiger partial charge in [-0.05, 0) is 0 Å². The van der Waals surface area contributed by atoms with Crippen LogP contribution < -0.4 is 10.1 Å². The van der Waals surface area contributed by atoms with Crippen molar-refractivity contribution in [1.29, 1.82) is 0 Å². The predicted octanol–water partition coefficient (Wildman–Crippen LogP) is -0.977. The first-order chi connectivity index (χ1) is 8.05. The van der Waals surface area contributed by atoms with Crippen molar-refractivity contribution in [2.75, 3.05) is 33.3 Å². The highest BCUT2D eigenvalue weighted by Crippen LogP contribution is 2.19. The van der Waals surface area contributed by atoms with Gasteiger partial charge in [0.15, 0.2) is 5.03 Å². The number of aryl methyl sites for hydroxylation is 1. The van der Waals surface area contributed by atoms with Gasteiger partial charge in [-0.25, -0.2) is 8.42 Å². The number of rotatable bonds is 3. The highest BCUT2D eigenvalue weighted by Gasteiger charge is 2.29. The van der Waals surface area contributed by atoms with E-state index in [1.807, 2.05) is 0 Å². The summed E-state index contributed by atoms with van der Waals surface area (Å²) in [6.45, 7) is 2.31. The van der Waals surface area contributed by atoms with Crippen molar-refractivity contribution in [3.05, 3.63) is 6.07 Å². The zero-order chi connectivity index (χ0) is 12.5. The standard InChI is InChI=1S/C9H16N4O3S/c1-12-9(7-8(11-12)16-2)17(14,15)13-5-3-10-4-6-13/h7,10H,3-6H2,1-2H3. The molecular formula is C9H16N4O3S. The molecule has 96 valence electrons. The Morgan fingerprint density at radius 1 is 1.41 bits per heavy atom. The molecular weight excluding hydrogens is 244 g/mol. The van der Waals surface area contributed by atoms with Gasteiger partial charge in [0, 0.05) is 39.3 Å². The van der Waals surface area contributed by atoms with Crippen LogP contribution in [0.4, 0.5) is 0 Å². The fourth-order valence-corrected chi connectivity index (χ4v) is 3.34. The third-order valence-corrected chi connectivity index (χ3v) is 4.66. The van der Waals surface area contributed by atoms with Crippen molar-refractivity contribution < 1.29 is 13.2 Å². The zero-order valence-electron chi connectivity index (χ0n) is 9.88.